The van der Waals surface area contributed by atoms with E-state index in [0.717, 1.165) is 49.2 Å². The summed E-state index contributed by atoms with van der Waals surface area (Å²) >= 11 is 0. The van der Waals surface area contributed by atoms with Gasteiger partial charge in [0.05, 0.1) is 10.6 Å². The van der Waals surface area contributed by atoms with E-state index in [1.807, 2.05) is 6.07 Å². The van der Waals surface area contributed by atoms with Crippen LogP contribution in [-0.4, -0.2) is 47.4 Å². The van der Waals surface area contributed by atoms with Crippen molar-refractivity contribution in [3.63, 3.8) is 0 Å². The van der Waals surface area contributed by atoms with Crippen LogP contribution in [0.4, 0.5) is 17.3 Å². The van der Waals surface area contributed by atoms with Crippen molar-refractivity contribution in [3.8, 4) is 0 Å². The summed E-state index contributed by atoms with van der Waals surface area (Å²) in [5.74, 6) is 3.59. The Labute approximate surface area is 188 Å². The molecule has 1 fully saturated rings. The van der Waals surface area contributed by atoms with Crippen molar-refractivity contribution in [2.45, 2.75) is 50.3 Å². The zero-order chi connectivity index (χ0) is 22.7. The van der Waals surface area contributed by atoms with Crippen LogP contribution in [0.5, 0.6) is 0 Å². The summed E-state index contributed by atoms with van der Waals surface area (Å²) in [6.07, 6.45) is 3.37. The highest BCUT2D eigenvalue weighted by atomic mass is 32.2. The third-order valence-corrected chi connectivity index (χ3v) is 7.41. The van der Waals surface area contributed by atoms with Gasteiger partial charge in [0.1, 0.15) is 18.0 Å². The van der Waals surface area contributed by atoms with E-state index in [4.69, 9.17) is 4.52 Å². The Hall–Kier alpha value is -3.01. The summed E-state index contributed by atoms with van der Waals surface area (Å²) in [7, 11) is -3.21. The first kappa shape index (κ1) is 22.2. The lowest BCUT2D eigenvalue weighted by molar-refractivity contribution is 0.325. The van der Waals surface area contributed by atoms with Gasteiger partial charge in [-0.2, -0.15) is 4.98 Å². The molecule has 0 unspecified atom stereocenters. The van der Waals surface area contributed by atoms with E-state index in [1.165, 1.54) is 6.33 Å². The molecule has 170 valence electrons. The van der Waals surface area contributed by atoms with Gasteiger partial charge < -0.3 is 14.7 Å². The Kier molecular flexibility index (Phi) is 6.40. The number of anilines is 3. The number of benzene rings is 1. The average molecular weight is 457 g/mol. The van der Waals surface area contributed by atoms with Gasteiger partial charge in [0.15, 0.2) is 15.7 Å². The van der Waals surface area contributed by atoms with Gasteiger partial charge >= 0.3 is 0 Å². The zero-order valence-electron chi connectivity index (χ0n) is 18.5. The molecular weight excluding hydrogens is 428 g/mol. The number of nitrogens with one attached hydrogen (secondary N) is 1. The van der Waals surface area contributed by atoms with Gasteiger partial charge in [-0.05, 0) is 37.1 Å². The number of hydrogen-bond donors (Lipinski definition) is 1. The van der Waals surface area contributed by atoms with E-state index in [-0.39, 0.29) is 17.6 Å². The van der Waals surface area contributed by atoms with Crippen molar-refractivity contribution in [3.05, 3.63) is 48.4 Å². The van der Waals surface area contributed by atoms with Gasteiger partial charge in [0.2, 0.25) is 5.89 Å². The van der Waals surface area contributed by atoms with Crippen LogP contribution in [0.2, 0.25) is 0 Å². The van der Waals surface area contributed by atoms with Crippen LogP contribution < -0.4 is 10.2 Å². The Balaban J connectivity index is 1.39. The summed E-state index contributed by atoms with van der Waals surface area (Å²) in [6.45, 7) is 7.42. The molecule has 0 bridgehead atoms. The number of nitrogens with zero attached hydrogens (tertiary/aromatic N) is 5. The van der Waals surface area contributed by atoms with Crippen molar-refractivity contribution in [2.24, 2.45) is 0 Å². The van der Waals surface area contributed by atoms with Crippen molar-refractivity contribution < 1.29 is 12.9 Å². The molecule has 3 aromatic rings. The van der Waals surface area contributed by atoms with Crippen LogP contribution in [0.25, 0.3) is 0 Å². The van der Waals surface area contributed by atoms with Gasteiger partial charge in [-0.25, -0.2) is 18.4 Å². The minimum Gasteiger partial charge on any atom is -0.356 e. The first-order valence-corrected chi connectivity index (χ1v) is 12.5. The van der Waals surface area contributed by atoms with Crippen molar-refractivity contribution in [1.29, 1.82) is 0 Å². The topological polar surface area (TPSA) is 114 Å². The second kappa shape index (κ2) is 9.23. The second-order valence-electron chi connectivity index (χ2n) is 8.22. The molecule has 32 heavy (non-hydrogen) atoms. The smallest absolute Gasteiger partial charge is 0.229 e. The fourth-order valence-electron chi connectivity index (χ4n) is 3.65. The molecular formula is C22H28N6O3S. The lowest BCUT2D eigenvalue weighted by Crippen LogP contribution is -2.33. The van der Waals surface area contributed by atoms with E-state index in [2.05, 4.69) is 44.2 Å². The molecule has 1 aliphatic heterocycles. The first-order valence-electron chi connectivity index (χ1n) is 10.9. The first-order chi connectivity index (χ1) is 15.4. The maximum atomic E-state index is 12.0. The number of piperidine rings is 1. The summed E-state index contributed by atoms with van der Waals surface area (Å²) in [6, 6.07) is 8.60. The molecule has 0 radical (unpaired) electrons. The van der Waals surface area contributed by atoms with Gasteiger partial charge in [0.25, 0.3) is 0 Å². The van der Waals surface area contributed by atoms with E-state index in [9.17, 15) is 8.42 Å². The predicted octanol–water partition coefficient (Wildman–Crippen LogP) is 3.90. The third-order valence-electron chi connectivity index (χ3n) is 5.66. The van der Waals surface area contributed by atoms with Crippen molar-refractivity contribution in [2.75, 3.05) is 29.1 Å². The number of rotatable bonds is 7. The highest BCUT2D eigenvalue weighted by Gasteiger charge is 2.26. The maximum Gasteiger partial charge on any atom is 0.229 e. The van der Waals surface area contributed by atoms with E-state index in [0.29, 0.717) is 10.7 Å². The quantitative estimate of drug-likeness (QED) is 0.565. The maximum absolute atomic E-state index is 12.0. The molecule has 0 spiro atoms. The standard InChI is InChI=1S/C22H28N6O3S/c1-4-32(29,30)18-7-5-17(6-8-18)25-19-13-20(24-14-23-19)28-11-9-16(10-12-28)22-26-21(15(2)3)27-31-22/h5-8,13-16H,4,9-12H2,1-3H3,(H,23,24,25). The largest absolute Gasteiger partial charge is 0.356 e. The van der Waals surface area contributed by atoms with Crippen LogP contribution in [-0.2, 0) is 9.84 Å². The third kappa shape index (κ3) is 4.90. The number of sulfone groups is 1. The Morgan fingerprint density at radius 3 is 2.50 bits per heavy atom. The molecule has 10 heteroatoms. The van der Waals surface area contributed by atoms with Crippen LogP contribution in [0, 0.1) is 0 Å². The van der Waals surface area contributed by atoms with Crippen molar-refractivity contribution in [1.82, 2.24) is 20.1 Å². The van der Waals surface area contributed by atoms with Gasteiger partial charge in [0, 0.05) is 36.7 Å². The average Bonchev–Trinajstić information content (AvgIpc) is 3.31. The zero-order valence-corrected chi connectivity index (χ0v) is 19.3. The highest BCUT2D eigenvalue weighted by Crippen LogP contribution is 2.30. The molecule has 0 amide bonds. The van der Waals surface area contributed by atoms with Crippen LogP contribution in [0.1, 0.15) is 57.2 Å². The van der Waals surface area contributed by atoms with Crippen LogP contribution in [0.3, 0.4) is 0 Å². The molecule has 0 atom stereocenters. The van der Waals surface area contributed by atoms with E-state index in [1.54, 1.807) is 31.2 Å². The summed E-state index contributed by atoms with van der Waals surface area (Å²) in [5, 5.41) is 7.30. The highest BCUT2D eigenvalue weighted by molar-refractivity contribution is 7.91. The van der Waals surface area contributed by atoms with Gasteiger partial charge in [-0.15, -0.1) is 0 Å². The number of aromatic nitrogens is 4. The lowest BCUT2D eigenvalue weighted by Gasteiger charge is -2.31. The fraction of sp³-hybridized carbons (Fsp3) is 0.455. The molecule has 1 N–H and O–H groups in total. The predicted molar refractivity (Wildman–Crippen MR) is 122 cm³/mol. The van der Waals surface area contributed by atoms with Crippen LogP contribution in [0.15, 0.2) is 46.1 Å². The fourth-order valence-corrected chi connectivity index (χ4v) is 4.54. The minimum absolute atomic E-state index is 0.0805. The van der Waals surface area contributed by atoms with Crippen molar-refractivity contribution >= 4 is 27.2 Å². The minimum atomic E-state index is -3.21. The molecule has 3 heterocycles. The Morgan fingerprint density at radius 2 is 1.88 bits per heavy atom. The van der Waals surface area contributed by atoms with Gasteiger partial charge in [-0.1, -0.05) is 25.9 Å². The van der Waals surface area contributed by atoms with Gasteiger partial charge in [-0.3, -0.25) is 0 Å². The lowest BCUT2D eigenvalue weighted by atomic mass is 9.97. The normalized spacial score (nSPS) is 15.3. The molecule has 1 saturated heterocycles. The molecule has 0 saturated carbocycles. The van der Waals surface area contributed by atoms with E-state index < -0.39 is 9.84 Å². The number of hydrogen-bond acceptors (Lipinski definition) is 9. The summed E-state index contributed by atoms with van der Waals surface area (Å²) in [4.78, 5) is 15.8. The molecule has 0 aliphatic carbocycles. The second-order valence-corrected chi connectivity index (χ2v) is 10.5. The summed E-state index contributed by atoms with van der Waals surface area (Å²) in [5.41, 5.74) is 0.765. The monoisotopic (exact) mass is 456 g/mol. The molecule has 9 nitrogen and oxygen atoms in total. The molecule has 4 rings (SSSR count). The van der Waals surface area contributed by atoms with Crippen LogP contribution >= 0.6 is 0 Å². The Morgan fingerprint density at radius 1 is 1.16 bits per heavy atom. The molecule has 1 aliphatic rings. The Bertz CT molecular complexity index is 1150. The van der Waals surface area contributed by atoms with E-state index >= 15 is 0 Å². The molecule has 2 aromatic heterocycles. The SMILES string of the molecule is CCS(=O)(=O)c1ccc(Nc2cc(N3CCC(c4nc(C(C)C)no4)CC3)ncn2)cc1. The molecule has 1 aromatic carbocycles. The summed E-state index contributed by atoms with van der Waals surface area (Å²) < 4.78 is 29.4.